The fraction of sp³-hybridized carbons (Fsp3) is 0. The third-order valence-corrected chi connectivity index (χ3v) is 8.56. The first kappa shape index (κ1) is 23.9. The Hall–Kier alpha value is -5.80. The summed E-state index contributed by atoms with van der Waals surface area (Å²) in [6.07, 6.45) is 0. The van der Waals surface area contributed by atoms with Gasteiger partial charge in [-0.2, -0.15) is 0 Å². The minimum Gasteiger partial charge on any atom is -0.454 e. The van der Waals surface area contributed by atoms with Crippen LogP contribution in [0.5, 0.6) is 0 Å². The van der Waals surface area contributed by atoms with Crippen LogP contribution in [0.15, 0.2) is 156 Å². The van der Waals surface area contributed by atoms with Gasteiger partial charge in [0.1, 0.15) is 5.58 Å². The van der Waals surface area contributed by atoms with Crippen LogP contribution in [0, 0.1) is 0 Å². The van der Waals surface area contributed by atoms with E-state index < -0.39 is 0 Å². The number of hydrogen-bond donors (Lipinski definition) is 1. The molecule has 1 N–H and O–H groups in total. The van der Waals surface area contributed by atoms with Crippen LogP contribution in [0.3, 0.4) is 0 Å². The van der Waals surface area contributed by atoms with Crippen molar-refractivity contribution in [3.63, 3.8) is 0 Å². The number of nitrogens with zero attached hydrogens (tertiary/aromatic N) is 1. The second-order valence-electron chi connectivity index (χ2n) is 11.0. The quantitative estimate of drug-likeness (QED) is 0.236. The van der Waals surface area contributed by atoms with Crippen molar-refractivity contribution in [3.8, 4) is 16.8 Å². The molecule has 0 aliphatic rings. The van der Waals surface area contributed by atoms with Crippen molar-refractivity contribution in [1.29, 1.82) is 0 Å². The molecule has 0 saturated carbocycles. The Bertz CT molecular complexity index is 2480. The lowest BCUT2D eigenvalue weighted by atomic mass is 10.00. The van der Waals surface area contributed by atoms with E-state index >= 15 is 0 Å². The van der Waals surface area contributed by atoms with Crippen LogP contribution < -0.4 is 5.32 Å². The molecular formula is C40H26N2O. The summed E-state index contributed by atoms with van der Waals surface area (Å²) in [5, 5.41) is 10.9. The molecule has 7 aromatic carbocycles. The summed E-state index contributed by atoms with van der Waals surface area (Å²) in [7, 11) is 0. The number of rotatable bonds is 4. The highest BCUT2D eigenvalue weighted by atomic mass is 16.3. The molecule has 0 fully saturated rings. The fourth-order valence-electron chi connectivity index (χ4n) is 6.65. The third-order valence-electron chi connectivity index (χ3n) is 8.56. The molecule has 0 bridgehead atoms. The summed E-state index contributed by atoms with van der Waals surface area (Å²) >= 11 is 0. The third kappa shape index (κ3) is 3.68. The van der Waals surface area contributed by atoms with Gasteiger partial charge in [-0.1, -0.05) is 103 Å². The topological polar surface area (TPSA) is 30.1 Å². The molecule has 0 aliphatic carbocycles. The maximum atomic E-state index is 6.49. The van der Waals surface area contributed by atoms with E-state index in [0.717, 1.165) is 50.1 Å². The summed E-state index contributed by atoms with van der Waals surface area (Å²) in [6.45, 7) is 0. The van der Waals surface area contributed by atoms with Gasteiger partial charge in [0.2, 0.25) is 0 Å². The average Bonchev–Trinajstić information content (AvgIpc) is 3.62. The molecule has 0 saturated heterocycles. The Labute approximate surface area is 248 Å². The van der Waals surface area contributed by atoms with E-state index in [4.69, 9.17) is 4.42 Å². The van der Waals surface area contributed by atoms with Gasteiger partial charge in [-0.3, -0.25) is 0 Å². The molecule has 202 valence electrons. The number of para-hydroxylation sites is 4. The summed E-state index contributed by atoms with van der Waals surface area (Å²) in [5.41, 5.74) is 9.61. The predicted octanol–water partition coefficient (Wildman–Crippen LogP) is 11.2. The zero-order valence-corrected chi connectivity index (χ0v) is 23.3. The number of anilines is 2. The van der Waals surface area contributed by atoms with Crippen LogP contribution in [0.4, 0.5) is 11.4 Å². The van der Waals surface area contributed by atoms with E-state index in [0.29, 0.717) is 0 Å². The van der Waals surface area contributed by atoms with Crippen LogP contribution in [-0.4, -0.2) is 4.57 Å². The van der Waals surface area contributed by atoms with Crippen molar-refractivity contribution in [2.24, 2.45) is 0 Å². The molecule has 2 aromatic heterocycles. The van der Waals surface area contributed by atoms with Gasteiger partial charge < -0.3 is 14.3 Å². The fourth-order valence-corrected chi connectivity index (χ4v) is 6.65. The summed E-state index contributed by atoms with van der Waals surface area (Å²) in [5.74, 6) is 0. The molecule has 0 aliphatic heterocycles. The predicted molar refractivity (Wildman–Crippen MR) is 181 cm³/mol. The van der Waals surface area contributed by atoms with E-state index in [1.54, 1.807) is 0 Å². The second-order valence-corrected chi connectivity index (χ2v) is 11.0. The Kier molecular flexibility index (Phi) is 5.20. The average molecular weight is 551 g/mol. The zero-order valence-electron chi connectivity index (χ0n) is 23.3. The highest BCUT2D eigenvalue weighted by Gasteiger charge is 2.17. The monoisotopic (exact) mass is 550 g/mol. The molecule has 9 aromatic rings. The molecule has 0 amide bonds. The van der Waals surface area contributed by atoms with Gasteiger partial charge >= 0.3 is 0 Å². The van der Waals surface area contributed by atoms with Crippen molar-refractivity contribution >= 4 is 65.9 Å². The molecule has 0 atom stereocenters. The molecule has 43 heavy (non-hydrogen) atoms. The minimum absolute atomic E-state index is 0.871. The molecule has 0 spiro atoms. The van der Waals surface area contributed by atoms with Crippen molar-refractivity contribution in [3.05, 3.63) is 152 Å². The van der Waals surface area contributed by atoms with Crippen LogP contribution in [0.25, 0.3) is 71.3 Å². The van der Waals surface area contributed by atoms with Crippen LogP contribution in [0.2, 0.25) is 0 Å². The number of aromatic nitrogens is 1. The molecule has 2 heterocycles. The van der Waals surface area contributed by atoms with Gasteiger partial charge in [0, 0.05) is 38.5 Å². The first-order chi connectivity index (χ1) is 21.3. The number of nitrogens with one attached hydrogen (secondary N) is 1. The van der Waals surface area contributed by atoms with Gasteiger partial charge in [0.25, 0.3) is 0 Å². The zero-order chi connectivity index (χ0) is 28.3. The Morgan fingerprint density at radius 2 is 1.19 bits per heavy atom. The van der Waals surface area contributed by atoms with Gasteiger partial charge in [-0.25, -0.2) is 0 Å². The van der Waals surface area contributed by atoms with Crippen molar-refractivity contribution in [2.45, 2.75) is 0 Å². The Morgan fingerprint density at radius 3 is 2.09 bits per heavy atom. The van der Waals surface area contributed by atoms with Gasteiger partial charge in [0.15, 0.2) is 5.58 Å². The number of fused-ring (bicyclic) bond motifs is 8. The molecule has 0 unspecified atom stereocenters. The largest absolute Gasteiger partial charge is 0.454 e. The second kappa shape index (κ2) is 9.37. The van der Waals surface area contributed by atoms with E-state index in [9.17, 15) is 0 Å². The maximum absolute atomic E-state index is 6.49. The lowest BCUT2D eigenvalue weighted by molar-refractivity contribution is 0.670. The summed E-state index contributed by atoms with van der Waals surface area (Å²) in [4.78, 5) is 0. The molecule has 3 nitrogen and oxygen atoms in total. The van der Waals surface area contributed by atoms with E-state index in [1.807, 2.05) is 12.1 Å². The van der Waals surface area contributed by atoms with Crippen molar-refractivity contribution < 1.29 is 4.42 Å². The Morgan fingerprint density at radius 1 is 0.488 bits per heavy atom. The molecule has 9 rings (SSSR count). The summed E-state index contributed by atoms with van der Waals surface area (Å²) < 4.78 is 8.85. The highest BCUT2D eigenvalue weighted by molar-refractivity contribution is 6.22. The Balaban J connectivity index is 1.23. The number of furan rings is 1. The van der Waals surface area contributed by atoms with E-state index in [2.05, 4.69) is 149 Å². The van der Waals surface area contributed by atoms with Crippen molar-refractivity contribution in [1.82, 2.24) is 4.57 Å². The lowest BCUT2D eigenvalue weighted by Crippen LogP contribution is -1.95. The van der Waals surface area contributed by atoms with Crippen LogP contribution >= 0.6 is 0 Å². The van der Waals surface area contributed by atoms with Gasteiger partial charge in [-0.05, 0) is 64.9 Å². The highest BCUT2D eigenvalue weighted by Crippen LogP contribution is 2.42. The maximum Gasteiger partial charge on any atom is 0.159 e. The molecule has 3 heteroatoms. The smallest absolute Gasteiger partial charge is 0.159 e. The standard InChI is InChI=1S/C40H26N2O/c1-2-13-28(14-3-1)42-36-20-10-7-17-31(36)33-24-27(22-23-37(33)42)29-15-6-9-19-34(29)41-35-25-26-12-4-5-16-30(26)39-32-18-8-11-21-38(32)43-40(35)39/h1-25,41H. The summed E-state index contributed by atoms with van der Waals surface area (Å²) in [6, 6.07) is 53.6. The normalized spacial score (nSPS) is 11.7. The first-order valence-electron chi connectivity index (χ1n) is 14.6. The molecular weight excluding hydrogens is 524 g/mol. The lowest BCUT2D eigenvalue weighted by Gasteiger charge is -2.14. The first-order valence-corrected chi connectivity index (χ1v) is 14.6. The number of hydrogen-bond acceptors (Lipinski definition) is 2. The SMILES string of the molecule is c1ccc(-n2c3ccccc3c3cc(-c4ccccc4Nc4cc5ccccc5c5c4oc4ccccc45)ccc32)cc1. The van der Waals surface area contributed by atoms with Crippen molar-refractivity contribution in [2.75, 3.05) is 5.32 Å². The number of benzene rings is 7. The van der Waals surface area contributed by atoms with Gasteiger partial charge in [-0.15, -0.1) is 0 Å². The van der Waals surface area contributed by atoms with Gasteiger partial charge in [0.05, 0.1) is 16.7 Å². The van der Waals surface area contributed by atoms with Crippen LogP contribution in [0.1, 0.15) is 0 Å². The minimum atomic E-state index is 0.871. The van der Waals surface area contributed by atoms with E-state index in [1.165, 1.54) is 32.6 Å². The van der Waals surface area contributed by atoms with Crippen LogP contribution in [-0.2, 0) is 0 Å². The molecule has 0 radical (unpaired) electrons. The van der Waals surface area contributed by atoms with E-state index in [-0.39, 0.29) is 0 Å².